The van der Waals surface area contributed by atoms with Crippen molar-refractivity contribution in [3.8, 4) is 15.6 Å². The minimum atomic E-state index is -3.62. The quantitative estimate of drug-likeness (QED) is 0.589. The fraction of sp³-hybridized carbons (Fsp3) is 0.300. The van der Waals surface area contributed by atoms with Crippen LogP contribution in [0, 0.1) is 0 Å². The number of benzene rings is 1. The van der Waals surface area contributed by atoms with E-state index in [0.29, 0.717) is 24.5 Å². The highest BCUT2D eigenvalue weighted by Crippen LogP contribution is 2.31. The Bertz CT molecular complexity index is 1130. The molecule has 0 aliphatic carbocycles. The minimum absolute atomic E-state index is 0.137. The van der Waals surface area contributed by atoms with Crippen LogP contribution < -0.4 is 10.1 Å². The summed E-state index contributed by atoms with van der Waals surface area (Å²) in [5.41, 5.74) is 0.570. The van der Waals surface area contributed by atoms with Gasteiger partial charge in [0.05, 0.1) is 22.6 Å². The van der Waals surface area contributed by atoms with Crippen LogP contribution in [0.5, 0.6) is 5.75 Å². The molecule has 0 unspecified atom stereocenters. The molecule has 10 heteroatoms. The molecule has 1 fully saturated rings. The molecule has 2 aromatic heterocycles. The Morgan fingerprint density at radius 3 is 2.67 bits per heavy atom. The maximum Gasteiger partial charge on any atom is 0.275 e. The number of aromatic nitrogens is 1. The van der Waals surface area contributed by atoms with Gasteiger partial charge in [-0.15, -0.1) is 22.7 Å². The second-order valence-electron chi connectivity index (χ2n) is 6.80. The molecular weight excluding hydrogens is 442 g/mol. The van der Waals surface area contributed by atoms with E-state index in [0.717, 1.165) is 29.1 Å². The van der Waals surface area contributed by atoms with Crippen LogP contribution in [0.3, 0.4) is 0 Å². The van der Waals surface area contributed by atoms with E-state index < -0.39 is 15.9 Å². The number of methoxy groups -OCH3 is 1. The lowest BCUT2D eigenvalue weighted by Crippen LogP contribution is -2.35. The number of hydrogen-bond acceptors (Lipinski definition) is 7. The number of amides is 1. The number of ether oxygens (including phenoxy) is 1. The lowest BCUT2D eigenvalue weighted by atomic mass is 10.2. The van der Waals surface area contributed by atoms with Crippen LogP contribution in [0.25, 0.3) is 9.88 Å². The summed E-state index contributed by atoms with van der Waals surface area (Å²) >= 11 is 2.94. The lowest BCUT2D eigenvalue weighted by molar-refractivity contribution is 0.102. The van der Waals surface area contributed by atoms with E-state index >= 15 is 0 Å². The highest BCUT2D eigenvalue weighted by Gasteiger charge is 2.27. The molecule has 30 heavy (non-hydrogen) atoms. The molecule has 1 aliphatic rings. The van der Waals surface area contributed by atoms with Crippen molar-refractivity contribution in [2.45, 2.75) is 24.2 Å². The van der Waals surface area contributed by atoms with Crippen molar-refractivity contribution >= 4 is 44.3 Å². The number of thiazole rings is 1. The summed E-state index contributed by atoms with van der Waals surface area (Å²) in [6.07, 6.45) is 2.75. The molecule has 3 heterocycles. The Morgan fingerprint density at radius 2 is 1.97 bits per heavy atom. The van der Waals surface area contributed by atoms with E-state index in [4.69, 9.17) is 4.74 Å². The number of carbonyl (C=O) groups is 1. The third kappa shape index (κ3) is 4.27. The highest BCUT2D eigenvalue weighted by atomic mass is 32.2. The molecule has 7 nitrogen and oxygen atoms in total. The lowest BCUT2D eigenvalue weighted by Gasteiger charge is -2.26. The standard InChI is InChI=1S/C20H21N3O4S3/c1-27-17-8-7-14(30(25,26)23-9-3-2-4-10-23)12-15(17)21-19(24)16-13-29-20(22-16)18-6-5-11-28-18/h5-8,11-13H,2-4,9-10H2,1H3,(H,21,24). The number of thiophene rings is 1. The van der Waals surface area contributed by atoms with Crippen LogP contribution in [-0.2, 0) is 10.0 Å². The van der Waals surface area contributed by atoms with Crippen LogP contribution in [0.1, 0.15) is 29.8 Å². The second kappa shape index (κ2) is 8.84. The van der Waals surface area contributed by atoms with Crippen LogP contribution in [-0.4, -0.2) is 43.8 Å². The molecule has 1 amide bonds. The summed E-state index contributed by atoms with van der Waals surface area (Å²) in [6, 6.07) is 8.40. The predicted octanol–water partition coefficient (Wildman–Crippen LogP) is 4.31. The molecule has 0 bridgehead atoms. The molecule has 0 spiro atoms. The SMILES string of the molecule is COc1ccc(S(=O)(=O)N2CCCCC2)cc1NC(=O)c1csc(-c2cccs2)n1. The molecule has 0 saturated carbocycles. The summed E-state index contributed by atoms with van der Waals surface area (Å²) in [4.78, 5) is 18.3. The fourth-order valence-electron chi connectivity index (χ4n) is 3.28. The minimum Gasteiger partial charge on any atom is -0.495 e. The molecular formula is C20H21N3O4S3. The van der Waals surface area contributed by atoms with Gasteiger partial charge < -0.3 is 10.1 Å². The number of nitrogens with one attached hydrogen (secondary N) is 1. The monoisotopic (exact) mass is 463 g/mol. The number of anilines is 1. The van der Waals surface area contributed by atoms with E-state index in [2.05, 4.69) is 10.3 Å². The Hall–Kier alpha value is -2.27. The first-order valence-electron chi connectivity index (χ1n) is 9.48. The van der Waals surface area contributed by atoms with Gasteiger partial charge in [0.2, 0.25) is 10.0 Å². The van der Waals surface area contributed by atoms with E-state index in [1.54, 1.807) is 22.8 Å². The van der Waals surface area contributed by atoms with Crippen molar-refractivity contribution in [2.75, 3.05) is 25.5 Å². The number of piperidine rings is 1. The van der Waals surface area contributed by atoms with Gasteiger partial charge in [-0.25, -0.2) is 13.4 Å². The van der Waals surface area contributed by atoms with Gasteiger partial charge in [0, 0.05) is 18.5 Å². The normalized spacial score (nSPS) is 15.1. The first-order chi connectivity index (χ1) is 14.5. The van der Waals surface area contributed by atoms with Crippen LogP contribution >= 0.6 is 22.7 Å². The molecule has 1 aliphatic heterocycles. The third-order valence-electron chi connectivity index (χ3n) is 4.84. The van der Waals surface area contributed by atoms with Crippen LogP contribution in [0.2, 0.25) is 0 Å². The Balaban J connectivity index is 1.59. The number of hydrogen-bond donors (Lipinski definition) is 1. The van der Waals surface area contributed by atoms with Crippen LogP contribution in [0.4, 0.5) is 5.69 Å². The Labute approximate surface area is 183 Å². The van der Waals surface area contributed by atoms with Gasteiger partial charge in [0.1, 0.15) is 16.5 Å². The summed E-state index contributed by atoms with van der Waals surface area (Å²) in [7, 11) is -2.15. The van der Waals surface area contributed by atoms with Gasteiger partial charge in [-0.3, -0.25) is 4.79 Å². The van der Waals surface area contributed by atoms with Crippen molar-refractivity contribution in [3.63, 3.8) is 0 Å². The largest absolute Gasteiger partial charge is 0.495 e. The van der Waals surface area contributed by atoms with Crippen molar-refractivity contribution in [2.24, 2.45) is 0 Å². The molecule has 0 atom stereocenters. The van der Waals surface area contributed by atoms with E-state index in [9.17, 15) is 13.2 Å². The predicted molar refractivity (Wildman–Crippen MR) is 119 cm³/mol. The van der Waals surface area contributed by atoms with Gasteiger partial charge >= 0.3 is 0 Å². The van der Waals surface area contributed by atoms with Gasteiger partial charge in [-0.05, 0) is 42.5 Å². The number of carbonyl (C=O) groups excluding carboxylic acids is 1. The summed E-state index contributed by atoms with van der Waals surface area (Å²) < 4.78 is 32.8. The maximum absolute atomic E-state index is 13.0. The zero-order valence-electron chi connectivity index (χ0n) is 16.3. The summed E-state index contributed by atoms with van der Waals surface area (Å²) in [6.45, 7) is 1.03. The molecule has 1 aromatic carbocycles. The van der Waals surface area contributed by atoms with Gasteiger partial charge in [0.15, 0.2) is 0 Å². The molecule has 0 radical (unpaired) electrons. The summed E-state index contributed by atoms with van der Waals surface area (Å²) in [5, 5.41) is 7.16. The van der Waals surface area contributed by atoms with Crippen molar-refractivity contribution < 1.29 is 17.9 Å². The number of sulfonamides is 1. The average Bonchev–Trinajstić information content (AvgIpc) is 3.46. The molecule has 158 valence electrons. The number of rotatable bonds is 6. The van der Waals surface area contributed by atoms with Crippen molar-refractivity contribution in [1.29, 1.82) is 0 Å². The van der Waals surface area contributed by atoms with Gasteiger partial charge in [-0.1, -0.05) is 12.5 Å². The van der Waals surface area contributed by atoms with E-state index in [1.807, 2.05) is 17.5 Å². The van der Waals surface area contributed by atoms with E-state index in [-0.39, 0.29) is 10.6 Å². The highest BCUT2D eigenvalue weighted by molar-refractivity contribution is 7.89. The van der Waals surface area contributed by atoms with Crippen molar-refractivity contribution in [3.05, 3.63) is 46.8 Å². The van der Waals surface area contributed by atoms with Gasteiger partial charge in [0.25, 0.3) is 5.91 Å². The average molecular weight is 464 g/mol. The van der Waals surface area contributed by atoms with Crippen molar-refractivity contribution in [1.82, 2.24) is 9.29 Å². The molecule has 1 saturated heterocycles. The molecule has 3 aromatic rings. The maximum atomic E-state index is 13.0. The molecule has 1 N–H and O–H groups in total. The Morgan fingerprint density at radius 1 is 1.17 bits per heavy atom. The first-order valence-corrected chi connectivity index (χ1v) is 12.7. The first kappa shape index (κ1) is 21.0. The van der Waals surface area contributed by atoms with Gasteiger partial charge in [-0.2, -0.15) is 4.31 Å². The zero-order chi connectivity index (χ0) is 21.1. The smallest absolute Gasteiger partial charge is 0.275 e. The topological polar surface area (TPSA) is 88.6 Å². The third-order valence-corrected chi connectivity index (χ3v) is 8.62. The Kier molecular flexibility index (Phi) is 6.19. The zero-order valence-corrected chi connectivity index (χ0v) is 18.8. The number of nitrogens with zero attached hydrogens (tertiary/aromatic N) is 2. The summed E-state index contributed by atoms with van der Waals surface area (Å²) in [5.74, 6) is -0.0328. The van der Waals surface area contributed by atoms with Crippen LogP contribution in [0.15, 0.2) is 46.0 Å². The molecule has 4 rings (SSSR count). The second-order valence-corrected chi connectivity index (χ2v) is 10.5. The van der Waals surface area contributed by atoms with E-state index in [1.165, 1.54) is 34.9 Å². The fourth-order valence-corrected chi connectivity index (χ4v) is 6.44.